The van der Waals surface area contributed by atoms with Crippen molar-refractivity contribution in [2.75, 3.05) is 18.5 Å². The van der Waals surface area contributed by atoms with E-state index in [1.54, 1.807) is 6.07 Å². The largest absolute Gasteiger partial charge is 0.478 e. The van der Waals surface area contributed by atoms with E-state index in [4.69, 9.17) is 4.74 Å². The lowest BCUT2D eigenvalue weighted by Gasteiger charge is -2.12. The maximum absolute atomic E-state index is 11.9. The summed E-state index contributed by atoms with van der Waals surface area (Å²) in [4.78, 5) is 35.2. The molecule has 9 nitrogen and oxygen atoms in total. The van der Waals surface area contributed by atoms with Crippen LogP contribution in [0, 0.1) is 6.92 Å². The number of para-hydroxylation sites is 1. The number of nitrogens with one attached hydrogen (secondary N) is 3. The zero-order valence-electron chi connectivity index (χ0n) is 17.1. The first-order valence-electron chi connectivity index (χ1n) is 9.87. The lowest BCUT2D eigenvalue weighted by Crippen LogP contribution is -2.41. The van der Waals surface area contributed by atoms with Gasteiger partial charge in [0.05, 0.1) is 17.9 Å². The Hall–Kier alpha value is -3.72. The number of hydrogen-bond acceptors (Lipinski definition) is 6. The minimum atomic E-state index is -1.09. The molecule has 3 rings (SSSR count). The fourth-order valence-electron chi connectivity index (χ4n) is 3.08. The molecule has 162 valence electrons. The Kier molecular flexibility index (Phi) is 7.34. The number of aromatic carboxylic acids is 1. The van der Waals surface area contributed by atoms with E-state index in [1.165, 1.54) is 18.3 Å². The highest BCUT2D eigenvalue weighted by Gasteiger charge is 2.19. The molecule has 0 radical (unpaired) electrons. The Balaban J connectivity index is 1.67. The highest BCUT2D eigenvalue weighted by Crippen LogP contribution is 2.23. The molecule has 0 spiro atoms. The van der Waals surface area contributed by atoms with E-state index in [0.29, 0.717) is 17.9 Å². The van der Waals surface area contributed by atoms with Gasteiger partial charge in [0.1, 0.15) is 0 Å². The van der Waals surface area contributed by atoms with Gasteiger partial charge in [0.15, 0.2) is 0 Å². The van der Waals surface area contributed by atoms with Crippen LogP contribution in [0.2, 0.25) is 0 Å². The van der Waals surface area contributed by atoms with Gasteiger partial charge in [-0.3, -0.25) is 9.59 Å². The minimum Gasteiger partial charge on any atom is -0.478 e. The molecule has 0 saturated carbocycles. The molecule has 1 heterocycles. The van der Waals surface area contributed by atoms with Crippen molar-refractivity contribution in [2.24, 2.45) is 5.10 Å². The number of benzene rings is 2. The van der Waals surface area contributed by atoms with Crippen LogP contribution in [-0.2, 0) is 14.3 Å². The number of hydrazone groups is 1. The Labute approximate surface area is 179 Å². The molecule has 0 aliphatic carbocycles. The van der Waals surface area contributed by atoms with Gasteiger partial charge < -0.3 is 20.5 Å². The van der Waals surface area contributed by atoms with E-state index in [1.807, 2.05) is 31.2 Å². The molecule has 2 aromatic carbocycles. The van der Waals surface area contributed by atoms with Crippen molar-refractivity contribution in [3.63, 3.8) is 0 Å². The highest BCUT2D eigenvalue weighted by molar-refractivity contribution is 6.35. The van der Waals surface area contributed by atoms with Crippen LogP contribution >= 0.6 is 0 Å². The second-order valence-electron chi connectivity index (χ2n) is 7.09. The van der Waals surface area contributed by atoms with E-state index in [9.17, 15) is 19.5 Å². The lowest BCUT2D eigenvalue weighted by molar-refractivity contribution is -0.139. The first-order valence-corrected chi connectivity index (χ1v) is 9.87. The Bertz CT molecular complexity index is 999. The van der Waals surface area contributed by atoms with E-state index in [2.05, 4.69) is 21.2 Å². The van der Waals surface area contributed by atoms with Gasteiger partial charge in [-0.2, -0.15) is 5.10 Å². The fourth-order valence-corrected chi connectivity index (χ4v) is 3.08. The Morgan fingerprint density at radius 3 is 2.68 bits per heavy atom. The molecular formula is C22H24N4O5. The number of nitrogens with zero attached hydrogens (tertiary/aromatic N) is 1. The van der Waals surface area contributed by atoms with Crippen molar-refractivity contribution in [1.29, 1.82) is 0 Å². The second kappa shape index (κ2) is 10.4. The molecule has 9 heteroatoms. The standard InChI is InChI=1S/C22H24N4O5/c1-14-5-2-3-7-18(14)25-19-9-8-15(22(29)30)11-16(19)12-24-26-21(28)20(27)23-13-17-6-4-10-31-17/h2-3,5,7-9,11-12,17,25H,4,6,10,13H2,1H3,(H,23,27)(H,26,28)(H,29,30)/b24-12+. The predicted molar refractivity (Wildman–Crippen MR) is 116 cm³/mol. The number of rotatable bonds is 7. The number of aryl methyl sites for hydroxylation is 1. The molecule has 1 unspecified atom stereocenters. The number of carboxylic acid groups (broad SMARTS) is 1. The molecule has 1 aliphatic heterocycles. The van der Waals surface area contributed by atoms with Crippen molar-refractivity contribution >= 4 is 35.4 Å². The van der Waals surface area contributed by atoms with Crippen molar-refractivity contribution in [3.05, 3.63) is 59.2 Å². The first kappa shape index (κ1) is 22.0. The van der Waals surface area contributed by atoms with Crippen LogP contribution in [-0.4, -0.2) is 48.4 Å². The van der Waals surface area contributed by atoms with Crippen LogP contribution in [0.4, 0.5) is 11.4 Å². The molecule has 1 saturated heterocycles. The summed E-state index contributed by atoms with van der Waals surface area (Å²) in [6.45, 7) is 2.86. The van der Waals surface area contributed by atoms with Crippen molar-refractivity contribution in [2.45, 2.75) is 25.9 Å². The van der Waals surface area contributed by atoms with Gasteiger partial charge in [-0.05, 0) is 49.6 Å². The third-order valence-corrected chi connectivity index (χ3v) is 4.80. The maximum Gasteiger partial charge on any atom is 0.335 e. The predicted octanol–water partition coefficient (Wildman–Crippen LogP) is 2.18. The topological polar surface area (TPSA) is 129 Å². The number of carbonyl (C=O) groups excluding carboxylic acids is 2. The summed E-state index contributed by atoms with van der Waals surface area (Å²) < 4.78 is 5.39. The molecule has 2 amide bonds. The summed E-state index contributed by atoms with van der Waals surface area (Å²) in [7, 11) is 0. The maximum atomic E-state index is 11.9. The molecule has 1 fully saturated rings. The van der Waals surface area contributed by atoms with Crippen LogP contribution in [0.25, 0.3) is 0 Å². The van der Waals surface area contributed by atoms with Gasteiger partial charge in [0.25, 0.3) is 0 Å². The van der Waals surface area contributed by atoms with Crippen molar-refractivity contribution in [1.82, 2.24) is 10.7 Å². The van der Waals surface area contributed by atoms with E-state index < -0.39 is 17.8 Å². The summed E-state index contributed by atoms with van der Waals surface area (Å²) in [5.41, 5.74) is 5.11. The second-order valence-corrected chi connectivity index (χ2v) is 7.09. The SMILES string of the molecule is Cc1ccccc1Nc1ccc(C(=O)O)cc1/C=N/NC(=O)C(=O)NCC1CCCO1. The van der Waals surface area contributed by atoms with Gasteiger partial charge in [0.2, 0.25) is 0 Å². The molecule has 0 bridgehead atoms. The zero-order chi connectivity index (χ0) is 22.2. The normalized spacial score (nSPS) is 15.6. The number of carboxylic acids is 1. The molecule has 1 aliphatic rings. The van der Waals surface area contributed by atoms with Gasteiger partial charge in [-0.15, -0.1) is 0 Å². The molecule has 4 N–H and O–H groups in total. The molecule has 31 heavy (non-hydrogen) atoms. The highest BCUT2D eigenvalue weighted by atomic mass is 16.5. The zero-order valence-corrected chi connectivity index (χ0v) is 17.1. The Morgan fingerprint density at radius 1 is 1.16 bits per heavy atom. The van der Waals surface area contributed by atoms with Crippen LogP contribution in [0.5, 0.6) is 0 Å². The van der Waals surface area contributed by atoms with Gasteiger partial charge in [0, 0.05) is 30.1 Å². The summed E-state index contributed by atoms with van der Waals surface area (Å²) >= 11 is 0. The molecular weight excluding hydrogens is 400 g/mol. The molecule has 1 atom stereocenters. The van der Waals surface area contributed by atoms with Crippen molar-refractivity contribution < 1.29 is 24.2 Å². The number of hydrogen-bond donors (Lipinski definition) is 4. The monoisotopic (exact) mass is 424 g/mol. The van der Waals surface area contributed by atoms with Gasteiger partial charge >= 0.3 is 17.8 Å². The van der Waals surface area contributed by atoms with E-state index in [-0.39, 0.29) is 18.2 Å². The van der Waals surface area contributed by atoms with Crippen LogP contribution in [0.15, 0.2) is 47.6 Å². The van der Waals surface area contributed by atoms with Gasteiger partial charge in [-0.25, -0.2) is 10.2 Å². The van der Waals surface area contributed by atoms with Gasteiger partial charge in [-0.1, -0.05) is 18.2 Å². The number of carbonyl (C=O) groups is 3. The number of anilines is 2. The number of ether oxygens (including phenoxy) is 1. The molecule has 0 aromatic heterocycles. The minimum absolute atomic E-state index is 0.0671. The average Bonchev–Trinajstić information content (AvgIpc) is 3.28. The van der Waals surface area contributed by atoms with E-state index in [0.717, 1.165) is 24.1 Å². The van der Waals surface area contributed by atoms with Crippen molar-refractivity contribution in [3.8, 4) is 0 Å². The summed E-state index contributed by atoms with van der Waals surface area (Å²) in [6.07, 6.45) is 2.99. The third-order valence-electron chi connectivity index (χ3n) is 4.80. The Morgan fingerprint density at radius 2 is 1.97 bits per heavy atom. The third kappa shape index (κ3) is 6.13. The average molecular weight is 424 g/mol. The molecule has 2 aromatic rings. The lowest BCUT2D eigenvalue weighted by atomic mass is 10.1. The summed E-state index contributed by atoms with van der Waals surface area (Å²) in [5.74, 6) is -2.82. The van der Waals surface area contributed by atoms with E-state index >= 15 is 0 Å². The van der Waals surface area contributed by atoms with Crippen LogP contribution in [0.1, 0.15) is 34.3 Å². The first-order chi connectivity index (χ1) is 14.9. The fraction of sp³-hybridized carbons (Fsp3) is 0.273. The quantitative estimate of drug-likeness (QED) is 0.306. The smallest absolute Gasteiger partial charge is 0.335 e. The summed E-state index contributed by atoms with van der Waals surface area (Å²) in [5, 5.41) is 18.8. The van der Waals surface area contributed by atoms with Crippen LogP contribution in [0.3, 0.4) is 0 Å². The summed E-state index contributed by atoms with van der Waals surface area (Å²) in [6, 6.07) is 12.1. The number of amides is 2. The van der Waals surface area contributed by atoms with Crippen LogP contribution < -0.4 is 16.1 Å².